The highest BCUT2D eigenvalue weighted by Crippen LogP contribution is 2.25. The minimum Gasteiger partial charge on any atom is -0.497 e. The van der Waals surface area contributed by atoms with E-state index in [9.17, 15) is 0 Å². The van der Waals surface area contributed by atoms with E-state index < -0.39 is 0 Å². The molecule has 1 aliphatic heterocycles. The molecule has 1 N–H and O–H groups in total. The number of ether oxygens (including phenoxy) is 1. The summed E-state index contributed by atoms with van der Waals surface area (Å²) in [5, 5.41) is 5.88. The van der Waals surface area contributed by atoms with Gasteiger partial charge in [0.1, 0.15) is 5.75 Å². The minimum absolute atomic E-state index is 0.717. The maximum atomic E-state index is 5.31. The Morgan fingerprint density at radius 2 is 2.33 bits per heavy atom. The molecule has 94 valence electrons. The van der Waals surface area contributed by atoms with Crippen LogP contribution in [0.15, 0.2) is 30.5 Å². The van der Waals surface area contributed by atoms with Crippen molar-refractivity contribution in [2.24, 2.45) is 5.92 Å². The monoisotopic (exact) mass is 242 g/mol. The Morgan fingerprint density at radius 1 is 1.39 bits per heavy atom. The molecular formula is C15H18N2O. The summed E-state index contributed by atoms with van der Waals surface area (Å²) in [7, 11) is 1.71. The first-order valence-electron chi connectivity index (χ1n) is 6.49. The van der Waals surface area contributed by atoms with Crippen molar-refractivity contribution in [3.63, 3.8) is 0 Å². The van der Waals surface area contributed by atoms with Gasteiger partial charge in [-0.15, -0.1) is 0 Å². The Morgan fingerprint density at radius 3 is 3.11 bits per heavy atom. The quantitative estimate of drug-likeness (QED) is 0.897. The summed E-state index contributed by atoms with van der Waals surface area (Å²) in [4.78, 5) is 4.56. The molecule has 3 nitrogen and oxygen atoms in total. The first-order chi connectivity index (χ1) is 8.86. The van der Waals surface area contributed by atoms with Crippen molar-refractivity contribution < 1.29 is 4.74 Å². The third-order valence-electron chi connectivity index (χ3n) is 3.70. The first kappa shape index (κ1) is 11.5. The van der Waals surface area contributed by atoms with Gasteiger partial charge in [-0.3, -0.25) is 4.98 Å². The summed E-state index contributed by atoms with van der Waals surface area (Å²) in [6, 6.07) is 8.26. The SMILES string of the molecule is COc1ccc2ccnc(CC3CCNC3)c2c1. The molecule has 2 aromatic rings. The van der Waals surface area contributed by atoms with Gasteiger partial charge in [0.15, 0.2) is 0 Å². The smallest absolute Gasteiger partial charge is 0.119 e. The van der Waals surface area contributed by atoms with Gasteiger partial charge in [0, 0.05) is 17.3 Å². The van der Waals surface area contributed by atoms with E-state index in [4.69, 9.17) is 4.74 Å². The number of pyridine rings is 1. The molecule has 0 bridgehead atoms. The molecule has 0 spiro atoms. The zero-order chi connectivity index (χ0) is 12.4. The van der Waals surface area contributed by atoms with Gasteiger partial charge in [-0.25, -0.2) is 0 Å². The molecule has 0 aliphatic carbocycles. The molecule has 3 rings (SSSR count). The van der Waals surface area contributed by atoms with Gasteiger partial charge in [0.05, 0.1) is 7.11 Å². The average molecular weight is 242 g/mol. The molecule has 0 saturated carbocycles. The van der Waals surface area contributed by atoms with Gasteiger partial charge in [0.2, 0.25) is 0 Å². The molecule has 1 aromatic heterocycles. The van der Waals surface area contributed by atoms with Crippen LogP contribution in [0.25, 0.3) is 10.8 Å². The molecule has 0 amide bonds. The van der Waals surface area contributed by atoms with Gasteiger partial charge in [-0.1, -0.05) is 6.07 Å². The summed E-state index contributed by atoms with van der Waals surface area (Å²) in [6.07, 6.45) is 4.21. The lowest BCUT2D eigenvalue weighted by atomic mass is 9.98. The average Bonchev–Trinajstić information content (AvgIpc) is 2.91. The molecule has 1 atom stereocenters. The summed E-state index contributed by atoms with van der Waals surface area (Å²) in [5.41, 5.74) is 1.19. The second kappa shape index (κ2) is 4.94. The Bertz CT molecular complexity index is 547. The van der Waals surface area contributed by atoms with Crippen molar-refractivity contribution >= 4 is 10.8 Å². The van der Waals surface area contributed by atoms with Crippen molar-refractivity contribution in [3.8, 4) is 5.75 Å². The van der Waals surface area contributed by atoms with Crippen LogP contribution in [0.1, 0.15) is 12.1 Å². The van der Waals surface area contributed by atoms with E-state index in [2.05, 4.69) is 28.5 Å². The van der Waals surface area contributed by atoms with E-state index in [0.29, 0.717) is 5.92 Å². The number of hydrogen-bond donors (Lipinski definition) is 1. The lowest BCUT2D eigenvalue weighted by Crippen LogP contribution is -2.11. The van der Waals surface area contributed by atoms with Crippen molar-refractivity contribution in [2.75, 3.05) is 20.2 Å². The number of fused-ring (bicyclic) bond motifs is 1. The fourth-order valence-electron chi connectivity index (χ4n) is 2.66. The lowest BCUT2D eigenvalue weighted by Gasteiger charge is -2.11. The molecule has 18 heavy (non-hydrogen) atoms. The highest BCUT2D eigenvalue weighted by Gasteiger charge is 2.16. The van der Waals surface area contributed by atoms with Crippen LogP contribution in [0.2, 0.25) is 0 Å². The summed E-state index contributed by atoms with van der Waals surface area (Å²) >= 11 is 0. The molecule has 1 saturated heterocycles. The van der Waals surface area contributed by atoms with Crippen LogP contribution >= 0.6 is 0 Å². The van der Waals surface area contributed by atoms with E-state index >= 15 is 0 Å². The number of nitrogens with one attached hydrogen (secondary N) is 1. The third-order valence-corrected chi connectivity index (χ3v) is 3.70. The standard InChI is InChI=1S/C15H18N2O/c1-18-13-3-2-12-5-7-17-15(14(12)9-13)8-11-4-6-16-10-11/h2-3,5,7,9,11,16H,4,6,8,10H2,1H3. The van der Waals surface area contributed by atoms with Crippen molar-refractivity contribution in [1.29, 1.82) is 0 Å². The number of methoxy groups -OCH3 is 1. The Hall–Kier alpha value is -1.61. The summed E-state index contributed by atoms with van der Waals surface area (Å²) < 4.78 is 5.31. The highest BCUT2D eigenvalue weighted by molar-refractivity contribution is 5.85. The zero-order valence-corrected chi connectivity index (χ0v) is 10.6. The predicted molar refractivity (Wildman–Crippen MR) is 73.0 cm³/mol. The molecule has 2 heterocycles. The van der Waals surface area contributed by atoms with E-state index in [1.165, 1.54) is 22.9 Å². The van der Waals surface area contributed by atoms with Crippen LogP contribution in [0.3, 0.4) is 0 Å². The first-order valence-corrected chi connectivity index (χ1v) is 6.49. The second-order valence-corrected chi connectivity index (χ2v) is 4.91. The molecule has 1 fully saturated rings. The van der Waals surface area contributed by atoms with E-state index in [0.717, 1.165) is 25.3 Å². The molecule has 0 radical (unpaired) electrons. The van der Waals surface area contributed by atoms with Gasteiger partial charge in [-0.05, 0) is 55.4 Å². The zero-order valence-electron chi connectivity index (χ0n) is 10.6. The van der Waals surface area contributed by atoms with E-state index in [1.54, 1.807) is 7.11 Å². The maximum Gasteiger partial charge on any atom is 0.119 e. The Kier molecular flexibility index (Phi) is 3.15. The second-order valence-electron chi connectivity index (χ2n) is 4.91. The van der Waals surface area contributed by atoms with Crippen molar-refractivity contribution in [1.82, 2.24) is 10.3 Å². The van der Waals surface area contributed by atoms with Crippen molar-refractivity contribution in [2.45, 2.75) is 12.8 Å². The minimum atomic E-state index is 0.717. The van der Waals surface area contributed by atoms with Crippen LogP contribution in [0.5, 0.6) is 5.75 Å². The number of benzene rings is 1. The van der Waals surface area contributed by atoms with Crippen LogP contribution in [0, 0.1) is 5.92 Å². The number of nitrogens with zero attached hydrogens (tertiary/aromatic N) is 1. The highest BCUT2D eigenvalue weighted by atomic mass is 16.5. The molecule has 1 aliphatic rings. The Labute approximate surface area is 107 Å². The molecular weight excluding hydrogens is 224 g/mol. The van der Waals surface area contributed by atoms with Gasteiger partial charge >= 0.3 is 0 Å². The van der Waals surface area contributed by atoms with Crippen molar-refractivity contribution in [3.05, 3.63) is 36.2 Å². The van der Waals surface area contributed by atoms with E-state index in [1.807, 2.05) is 12.3 Å². The van der Waals surface area contributed by atoms with Gasteiger partial charge in [-0.2, -0.15) is 0 Å². The van der Waals surface area contributed by atoms with Crippen LogP contribution in [0.4, 0.5) is 0 Å². The van der Waals surface area contributed by atoms with Gasteiger partial charge < -0.3 is 10.1 Å². The fraction of sp³-hybridized carbons (Fsp3) is 0.400. The largest absolute Gasteiger partial charge is 0.497 e. The topological polar surface area (TPSA) is 34.1 Å². The number of rotatable bonds is 3. The molecule has 1 unspecified atom stereocenters. The van der Waals surface area contributed by atoms with Crippen LogP contribution in [-0.4, -0.2) is 25.2 Å². The van der Waals surface area contributed by atoms with Crippen LogP contribution < -0.4 is 10.1 Å². The number of hydrogen-bond acceptors (Lipinski definition) is 3. The normalized spacial score (nSPS) is 19.3. The predicted octanol–water partition coefficient (Wildman–Crippen LogP) is 2.40. The lowest BCUT2D eigenvalue weighted by molar-refractivity contribution is 0.415. The number of aromatic nitrogens is 1. The third kappa shape index (κ3) is 2.18. The maximum absolute atomic E-state index is 5.31. The fourth-order valence-corrected chi connectivity index (χ4v) is 2.66. The molecule has 3 heteroatoms. The summed E-state index contributed by atoms with van der Waals surface area (Å²) in [5.74, 6) is 1.62. The Balaban J connectivity index is 1.98. The van der Waals surface area contributed by atoms with Crippen LogP contribution in [-0.2, 0) is 6.42 Å². The summed E-state index contributed by atoms with van der Waals surface area (Å²) in [6.45, 7) is 2.25. The van der Waals surface area contributed by atoms with E-state index in [-0.39, 0.29) is 0 Å². The van der Waals surface area contributed by atoms with Gasteiger partial charge in [0.25, 0.3) is 0 Å². The molecule has 1 aromatic carbocycles.